The number of nitrogens with two attached hydrogens (primary N) is 1. The molecule has 1 aromatic heterocycles. The second-order valence-electron chi connectivity index (χ2n) is 4.60. The van der Waals surface area contributed by atoms with Gasteiger partial charge in [0.25, 0.3) is 0 Å². The highest BCUT2D eigenvalue weighted by atomic mass is 32.1. The molecule has 104 valence electrons. The number of carbonyl (C=O) groups excluding carboxylic acids is 1. The molecule has 0 aromatic carbocycles. The third-order valence-electron chi connectivity index (χ3n) is 3.35. The van der Waals surface area contributed by atoms with Crippen LogP contribution in [0.5, 0.6) is 0 Å². The maximum absolute atomic E-state index is 12.4. The van der Waals surface area contributed by atoms with Gasteiger partial charge >= 0.3 is 0 Å². The number of rotatable bonds is 4. The Bertz CT molecular complexity index is 481. The summed E-state index contributed by atoms with van der Waals surface area (Å²) in [7, 11) is 0. The number of thiazole rings is 1. The van der Waals surface area contributed by atoms with Gasteiger partial charge in [0, 0.05) is 18.6 Å². The normalized spacial score (nSPS) is 17.9. The number of ether oxygens (including phenoxy) is 1. The average molecular weight is 299 g/mol. The Kier molecular flexibility index (Phi) is 4.49. The molecule has 0 saturated carbocycles. The van der Waals surface area contributed by atoms with E-state index in [-0.39, 0.29) is 10.9 Å². The van der Waals surface area contributed by atoms with Gasteiger partial charge in [-0.3, -0.25) is 4.79 Å². The van der Waals surface area contributed by atoms with Crippen molar-refractivity contribution in [1.29, 1.82) is 0 Å². The molecule has 1 fully saturated rings. The number of carbonyl (C=O) groups is 1. The Hall–Kier alpha value is -1.05. The van der Waals surface area contributed by atoms with Crippen LogP contribution in [-0.2, 0) is 16.1 Å². The standard InChI is InChI=1S/C12H17N3O2S2/c1-8-15-9(7-19-8)6-14-11(16)12(10(13)18)2-4-17-5-3-12/h7H,2-6H2,1H3,(H2,13,18)(H,14,16). The summed E-state index contributed by atoms with van der Waals surface area (Å²) in [5.41, 5.74) is 5.87. The number of aromatic nitrogens is 1. The zero-order chi connectivity index (χ0) is 13.9. The summed E-state index contributed by atoms with van der Waals surface area (Å²) in [5.74, 6) is -0.117. The summed E-state index contributed by atoms with van der Waals surface area (Å²) in [6, 6.07) is 0. The number of aryl methyl sites for hydroxylation is 1. The lowest BCUT2D eigenvalue weighted by molar-refractivity contribution is -0.131. The Morgan fingerprint density at radius 1 is 1.63 bits per heavy atom. The van der Waals surface area contributed by atoms with E-state index in [0.29, 0.717) is 32.6 Å². The maximum Gasteiger partial charge on any atom is 0.233 e. The molecule has 0 bridgehead atoms. The number of nitrogens with zero attached hydrogens (tertiary/aromatic N) is 1. The van der Waals surface area contributed by atoms with E-state index in [2.05, 4.69) is 10.3 Å². The Morgan fingerprint density at radius 3 is 2.84 bits per heavy atom. The summed E-state index contributed by atoms with van der Waals surface area (Å²) in [4.78, 5) is 16.9. The predicted molar refractivity (Wildman–Crippen MR) is 78.0 cm³/mol. The molecular formula is C12H17N3O2S2. The summed E-state index contributed by atoms with van der Waals surface area (Å²) in [6.45, 7) is 3.38. The monoisotopic (exact) mass is 299 g/mol. The number of nitrogens with one attached hydrogen (secondary N) is 1. The molecule has 0 atom stereocenters. The molecule has 19 heavy (non-hydrogen) atoms. The van der Waals surface area contributed by atoms with E-state index in [1.54, 1.807) is 11.3 Å². The molecular weight excluding hydrogens is 282 g/mol. The molecule has 2 rings (SSSR count). The Labute approximate surface area is 121 Å². The van der Waals surface area contributed by atoms with Crippen molar-refractivity contribution in [3.63, 3.8) is 0 Å². The van der Waals surface area contributed by atoms with E-state index >= 15 is 0 Å². The molecule has 1 aromatic rings. The molecule has 0 spiro atoms. The average Bonchev–Trinajstić information content (AvgIpc) is 2.82. The number of hydrogen-bond acceptors (Lipinski definition) is 5. The van der Waals surface area contributed by atoms with Gasteiger partial charge in [-0.05, 0) is 19.8 Å². The van der Waals surface area contributed by atoms with Gasteiger partial charge in [-0.25, -0.2) is 4.98 Å². The maximum atomic E-state index is 12.4. The number of hydrogen-bond donors (Lipinski definition) is 2. The van der Waals surface area contributed by atoms with Crippen molar-refractivity contribution in [2.45, 2.75) is 26.3 Å². The molecule has 1 aliphatic heterocycles. The first-order valence-corrected chi connectivity index (χ1v) is 7.40. The molecule has 5 nitrogen and oxygen atoms in total. The molecule has 0 radical (unpaired) electrons. The van der Waals surface area contributed by atoms with Crippen molar-refractivity contribution in [3.05, 3.63) is 16.1 Å². The van der Waals surface area contributed by atoms with Gasteiger partial charge in [0.05, 0.1) is 22.2 Å². The first-order valence-electron chi connectivity index (χ1n) is 6.11. The van der Waals surface area contributed by atoms with Crippen LogP contribution in [0.4, 0.5) is 0 Å². The van der Waals surface area contributed by atoms with Crippen LogP contribution in [-0.4, -0.2) is 29.1 Å². The fourth-order valence-electron chi connectivity index (χ4n) is 2.13. The SMILES string of the molecule is Cc1nc(CNC(=O)C2(C(N)=S)CCOCC2)cs1. The molecule has 0 aliphatic carbocycles. The second-order valence-corrected chi connectivity index (χ2v) is 6.10. The first-order chi connectivity index (χ1) is 9.04. The van der Waals surface area contributed by atoms with E-state index in [0.717, 1.165) is 10.7 Å². The van der Waals surface area contributed by atoms with E-state index in [9.17, 15) is 4.79 Å². The highest BCUT2D eigenvalue weighted by molar-refractivity contribution is 7.80. The number of amides is 1. The number of thiocarbonyl (C=S) groups is 1. The van der Waals surface area contributed by atoms with Gasteiger partial charge < -0.3 is 15.8 Å². The van der Waals surface area contributed by atoms with Crippen LogP contribution in [0.3, 0.4) is 0 Å². The third-order valence-corrected chi connectivity index (χ3v) is 4.56. The molecule has 0 unspecified atom stereocenters. The smallest absolute Gasteiger partial charge is 0.233 e. The summed E-state index contributed by atoms with van der Waals surface area (Å²) < 4.78 is 5.29. The van der Waals surface area contributed by atoms with Crippen molar-refractivity contribution in [2.75, 3.05) is 13.2 Å². The van der Waals surface area contributed by atoms with Gasteiger partial charge in [-0.15, -0.1) is 11.3 Å². The highest BCUT2D eigenvalue weighted by Gasteiger charge is 2.42. The molecule has 3 N–H and O–H groups in total. The Morgan fingerprint density at radius 2 is 2.32 bits per heavy atom. The zero-order valence-electron chi connectivity index (χ0n) is 10.8. The van der Waals surface area contributed by atoms with Gasteiger partial charge in [0.2, 0.25) is 5.91 Å². The fraction of sp³-hybridized carbons (Fsp3) is 0.583. The Balaban J connectivity index is 2.02. The third kappa shape index (κ3) is 3.10. The van der Waals surface area contributed by atoms with Crippen LogP contribution < -0.4 is 11.1 Å². The topological polar surface area (TPSA) is 77.2 Å². The van der Waals surface area contributed by atoms with Crippen LogP contribution in [0, 0.1) is 12.3 Å². The largest absolute Gasteiger partial charge is 0.392 e. The van der Waals surface area contributed by atoms with E-state index < -0.39 is 5.41 Å². The minimum Gasteiger partial charge on any atom is -0.392 e. The molecule has 7 heteroatoms. The van der Waals surface area contributed by atoms with Crippen LogP contribution in [0.2, 0.25) is 0 Å². The molecule has 1 amide bonds. The van der Waals surface area contributed by atoms with Crippen molar-refractivity contribution in [3.8, 4) is 0 Å². The summed E-state index contributed by atoms with van der Waals surface area (Å²) in [5, 5.41) is 5.81. The van der Waals surface area contributed by atoms with Crippen LogP contribution in [0.25, 0.3) is 0 Å². The van der Waals surface area contributed by atoms with Crippen LogP contribution in [0.15, 0.2) is 5.38 Å². The molecule has 2 heterocycles. The minimum absolute atomic E-state index is 0.117. The zero-order valence-corrected chi connectivity index (χ0v) is 12.4. The molecule has 1 saturated heterocycles. The lowest BCUT2D eigenvalue weighted by Gasteiger charge is -2.34. The van der Waals surface area contributed by atoms with Crippen LogP contribution in [0.1, 0.15) is 23.5 Å². The predicted octanol–water partition coefficient (Wildman–Crippen LogP) is 1.15. The first kappa shape index (κ1) is 14.4. The lowest BCUT2D eigenvalue weighted by atomic mass is 9.79. The van der Waals surface area contributed by atoms with Crippen molar-refractivity contribution in [1.82, 2.24) is 10.3 Å². The highest BCUT2D eigenvalue weighted by Crippen LogP contribution is 2.31. The molecule has 1 aliphatic rings. The summed E-state index contributed by atoms with van der Waals surface area (Å²) >= 11 is 6.65. The van der Waals surface area contributed by atoms with Crippen molar-refractivity contribution >= 4 is 34.5 Å². The minimum atomic E-state index is -0.765. The van der Waals surface area contributed by atoms with Crippen LogP contribution >= 0.6 is 23.6 Å². The van der Waals surface area contributed by atoms with Gasteiger partial charge in [0.15, 0.2) is 0 Å². The van der Waals surface area contributed by atoms with Gasteiger partial charge in [0.1, 0.15) is 5.41 Å². The second kappa shape index (κ2) is 5.94. The van der Waals surface area contributed by atoms with Crippen molar-refractivity contribution < 1.29 is 9.53 Å². The fourth-order valence-corrected chi connectivity index (χ4v) is 3.04. The quantitative estimate of drug-likeness (QED) is 0.816. The van der Waals surface area contributed by atoms with Crippen molar-refractivity contribution in [2.24, 2.45) is 11.1 Å². The van der Waals surface area contributed by atoms with Gasteiger partial charge in [-0.1, -0.05) is 12.2 Å². The lowest BCUT2D eigenvalue weighted by Crippen LogP contribution is -2.51. The van der Waals surface area contributed by atoms with E-state index in [1.807, 2.05) is 12.3 Å². The van der Waals surface area contributed by atoms with E-state index in [1.165, 1.54) is 0 Å². The van der Waals surface area contributed by atoms with E-state index in [4.69, 9.17) is 22.7 Å². The van der Waals surface area contributed by atoms with Gasteiger partial charge in [-0.2, -0.15) is 0 Å². The summed E-state index contributed by atoms with van der Waals surface area (Å²) in [6.07, 6.45) is 1.09.